The lowest BCUT2D eigenvalue weighted by molar-refractivity contribution is -0.134. The first-order valence-corrected chi connectivity index (χ1v) is 10.3. The molecule has 29 heavy (non-hydrogen) atoms. The van der Waals surface area contributed by atoms with Crippen LogP contribution in [0.3, 0.4) is 0 Å². The number of piperazine rings is 1. The van der Waals surface area contributed by atoms with Crippen LogP contribution in [0.1, 0.15) is 25.0 Å². The van der Waals surface area contributed by atoms with E-state index in [1.165, 1.54) is 11.1 Å². The van der Waals surface area contributed by atoms with Gasteiger partial charge in [0.25, 0.3) is 0 Å². The van der Waals surface area contributed by atoms with Crippen LogP contribution in [0.4, 0.5) is 16.2 Å². The van der Waals surface area contributed by atoms with E-state index >= 15 is 0 Å². The maximum atomic E-state index is 12.6. The highest BCUT2D eigenvalue weighted by Crippen LogP contribution is 2.24. The van der Waals surface area contributed by atoms with Crippen LogP contribution in [-0.2, 0) is 17.9 Å². The van der Waals surface area contributed by atoms with Crippen LogP contribution in [0.15, 0.2) is 48.5 Å². The molecule has 0 aromatic heterocycles. The monoisotopic (exact) mass is 392 g/mol. The standard InChI is InChI=1S/C23H28N4O2/c1-17(2)22(28)26-13-11-25(12-14-26)21-9-7-20(8-10-21)24-23(29)27-15-18-5-3-4-6-19(18)16-27/h3-10,17H,11-16H2,1-2H3,(H,24,29). The number of amides is 3. The van der Waals surface area contributed by atoms with Crippen molar-refractivity contribution in [1.82, 2.24) is 9.80 Å². The molecule has 0 spiro atoms. The molecule has 0 radical (unpaired) electrons. The molecule has 1 fully saturated rings. The van der Waals surface area contributed by atoms with Crippen molar-refractivity contribution in [2.75, 3.05) is 36.4 Å². The van der Waals surface area contributed by atoms with Crippen molar-refractivity contribution < 1.29 is 9.59 Å². The summed E-state index contributed by atoms with van der Waals surface area (Å²) in [4.78, 5) is 30.8. The predicted molar refractivity (Wildman–Crippen MR) is 115 cm³/mol. The molecule has 0 aliphatic carbocycles. The summed E-state index contributed by atoms with van der Waals surface area (Å²) in [6.45, 7) is 8.37. The molecule has 0 saturated carbocycles. The molecule has 3 amide bonds. The normalized spacial score (nSPS) is 16.2. The summed E-state index contributed by atoms with van der Waals surface area (Å²) in [6, 6.07) is 16.1. The fraction of sp³-hybridized carbons (Fsp3) is 0.391. The van der Waals surface area contributed by atoms with Crippen molar-refractivity contribution >= 4 is 23.3 Å². The molecule has 2 aliphatic rings. The Balaban J connectivity index is 1.31. The second-order valence-corrected chi connectivity index (χ2v) is 8.07. The third kappa shape index (κ3) is 4.21. The molecular weight excluding hydrogens is 364 g/mol. The number of benzene rings is 2. The average Bonchev–Trinajstić information content (AvgIpc) is 3.18. The largest absolute Gasteiger partial charge is 0.368 e. The van der Waals surface area contributed by atoms with Gasteiger partial charge in [-0.3, -0.25) is 4.79 Å². The van der Waals surface area contributed by atoms with Crippen molar-refractivity contribution in [2.45, 2.75) is 26.9 Å². The maximum absolute atomic E-state index is 12.6. The number of urea groups is 1. The molecule has 1 N–H and O–H groups in total. The van der Waals surface area contributed by atoms with Crippen molar-refractivity contribution in [2.24, 2.45) is 5.92 Å². The number of anilines is 2. The number of carbonyl (C=O) groups is 2. The van der Waals surface area contributed by atoms with E-state index in [0.29, 0.717) is 13.1 Å². The van der Waals surface area contributed by atoms with Gasteiger partial charge in [0.15, 0.2) is 0 Å². The number of rotatable bonds is 3. The van der Waals surface area contributed by atoms with Crippen LogP contribution in [0.2, 0.25) is 0 Å². The summed E-state index contributed by atoms with van der Waals surface area (Å²) in [7, 11) is 0. The summed E-state index contributed by atoms with van der Waals surface area (Å²) < 4.78 is 0. The summed E-state index contributed by atoms with van der Waals surface area (Å²) in [5, 5.41) is 3.00. The van der Waals surface area contributed by atoms with Gasteiger partial charge in [-0.2, -0.15) is 0 Å². The second kappa shape index (κ2) is 8.15. The fourth-order valence-corrected chi connectivity index (χ4v) is 3.99. The molecule has 2 heterocycles. The fourth-order valence-electron chi connectivity index (χ4n) is 3.99. The molecule has 0 unspecified atom stereocenters. The molecular formula is C23H28N4O2. The molecule has 6 nitrogen and oxygen atoms in total. The first kappa shape index (κ1) is 19.3. The van der Waals surface area contributed by atoms with Crippen molar-refractivity contribution in [3.63, 3.8) is 0 Å². The highest BCUT2D eigenvalue weighted by molar-refractivity contribution is 5.90. The Kier molecular flexibility index (Phi) is 5.43. The lowest BCUT2D eigenvalue weighted by atomic mass is 10.1. The van der Waals surface area contributed by atoms with Crippen molar-refractivity contribution in [3.8, 4) is 0 Å². The quantitative estimate of drug-likeness (QED) is 0.869. The number of nitrogens with zero attached hydrogens (tertiary/aromatic N) is 3. The first-order valence-electron chi connectivity index (χ1n) is 10.3. The SMILES string of the molecule is CC(C)C(=O)N1CCN(c2ccc(NC(=O)N3Cc4ccccc4C3)cc2)CC1. The summed E-state index contributed by atoms with van der Waals surface area (Å²) in [5.74, 6) is 0.277. The van der Waals surface area contributed by atoms with E-state index < -0.39 is 0 Å². The number of carbonyl (C=O) groups excluding carboxylic acids is 2. The third-order valence-electron chi connectivity index (χ3n) is 5.70. The van der Waals surface area contributed by atoms with Crippen LogP contribution in [-0.4, -0.2) is 47.9 Å². The number of nitrogens with one attached hydrogen (secondary N) is 1. The van der Waals surface area contributed by atoms with Gasteiger partial charge in [-0.15, -0.1) is 0 Å². The van der Waals surface area contributed by atoms with E-state index in [4.69, 9.17) is 0 Å². The number of hydrogen-bond acceptors (Lipinski definition) is 3. The summed E-state index contributed by atoms with van der Waals surface area (Å²) in [5.41, 5.74) is 4.35. The Bertz CT molecular complexity index is 861. The van der Waals surface area contributed by atoms with Gasteiger partial charge in [-0.25, -0.2) is 4.79 Å². The zero-order chi connectivity index (χ0) is 20.4. The first-order chi connectivity index (χ1) is 14.0. The maximum Gasteiger partial charge on any atom is 0.322 e. The number of fused-ring (bicyclic) bond motifs is 1. The lowest BCUT2D eigenvalue weighted by Crippen LogP contribution is -2.49. The molecule has 152 valence electrons. The van der Waals surface area contributed by atoms with Crippen LogP contribution in [0.25, 0.3) is 0 Å². The van der Waals surface area contributed by atoms with Crippen LogP contribution >= 0.6 is 0 Å². The Morgan fingerprint density at radius 1 is 0.828 bits per heavy atom. The van der Waals surface area contributed by atoms with E-state index in [2.05, 4.69) is 22.3 Å². The topological polar surface area (TPSA) is 55.9 Å². The van der Waals surface area contributed by atoms with Gasteiger partial charge in [-0.05, 0) is 35.4 Å². The van der Waals surface area contributed by atoms with Gasteiger partial charge < -0.3 is 20.0 Å². The van der Waals surface area contributed by atoms with Gasteiger partial charge in [0.1, 0.15) is 0 Å². The Labute approximate surface area is 172 Å². The smallest absolute Gasteiger partial charge is 0.322 e. The van der Waals surface area contributed by atoms with Crippen LogP contribution < -0.4 is 10.2 Å². The van der Waals surface area contributed by atoms with Gasteiger partial charge in [0, 0.05) is 56.6 Å². The predicted octanol–water partition coefficient (Wildman–Crippen LogP) is 3.54. The molecule has 6 heteroatoms. The minimum atomic E-state index is -0.0743. The van der Waals surface area contributed by atoms with E-state index in [0.717, 1.165) is 37.6 Å². The molecule has 4 rings (SSSR count). The average molecular weight is 393 g/mol. The minimum absolute atomic E-state index is 0.0489. The van der Waals surface area contributed by atoms with E-state index in [9.17, 15) is 9.59 Å². The molecule has 0 bridgehead atoms. The Hall–Kier alpha value is -3.02. The molecule has 0 atom stereocenters. The zero-order valence-electron chi connectivity index (χ0n) is 17.1. The van der Waals surface area contributed by atoms with Crippen molar-refractivity contribution in [1.29, 1.82) is 0 Å². The number of hydrogen-bond donors (Lipinski definition) is 1. The molecule has 2 aromatic carbocycles. The minimum Gasteiger partial charge on any atom is -0.368 e. The van der Waals surface area contributed by atoms with Crippen molar-refractivity contribution in [3.05, 3.63) is 59.7 Å². The van der Waals surface area contributed by atoms with Gasteiger partial charge >= 0.3 is 6.03 Å². The Morgan fingerprint density at radius 2 is 1.41 bits per heavy atom. The van der Waals surface area contributed by atoms with E-state index in [-0.39, 0.29) is 17.9 Å². The molecule has 1 saturated heterocycles. The van der Waals surface area contributed by atoms with Crippen LogP contribution in [0, 0.1) is 5.92 Å². The summed E-state index contributed by atoms with van der Waals surface area (Å²) in [6.07, 6.45) is 0. The highest BCUT2D eigenvalue weighted by Gasteiger charge is 2.24. The third-order valence-corrected chi connectivity index (χ3v) is 5.70. The van der Waals surface area contributed by atoms with Crippen LogP contribution in [0.5, 0.6) is 0 Å². The highest BCUT2D eigenvalue weighted by atomic mass is 16.2. The zero-order valence-corrected chi connectivity index (χ0v) is 17.1. The Morgan fingerprint density at radius 3 is 1.97 bits per heavy atom. The van der Waals surface area contributed by atoms with E-state index in [1.807, 2.05) is 60.0 Å². The lowest BCUT2D eigenvalue weighted by Gasteiger charge is -2.37. The van der Waals surface area contributed by atoms with E-state index in [1.54, 1.807) is 0 Å². The van der Waals surface area contributed by atoms with Gasteiger partial charge in [0.05, 0.1) is 0 Å². The summed E-state index contributed by atoms with van der Waals surface area (Å²) >= 11 is 0. The molecule has 2 aromatic rings. The van der Waals surface area contributed by atoms with Gasteiger partial charge in [-0.1, -0.05) is 38.1 Å². The van der Waals surface area contributed by atoms with Gasteiger partial charge in [0.2, 0.25) is 5.91 Å². The molecule has 2 aliphatic heterocycles. The second-order valence-electron chi connectivity index (χ2n) is 8.07.